The van der Waals surface area contributed by atoms with E-state index in [-0.39, 0.29) is 23.7 Å². The van der Waals surface area contributed by atoms with Crippen molar-refractivity contribution >= 4 is 11.8 Å². The summed E-state index contributed by atoms with van der Waals surface area (Å²) in [6.07, 6.45) is 0. The van der Waals surface area contributed by atoms with E-state index in [1.807, 2.05) is 0 Å². The Hall–Kier alpha value is -0.900. The lowest BCUT2D eigenvalue weighted by atomic mass is 10.00. The van der Waals surface area contributed by atoms with Crippen LogP contribution in [0.2, 0.25) is 0 Å². The maximum Gasteiger partial charge on any atom is 0.232 e. The van der Waals surface area contributed by atoms with Crippen LogP contribution < -0.4 is 5.73 Å². The predicted octanol–water partition coefficient (Wildman–Crippen LogP) is -0.414. The highest BCUT2D eigenvalue weighted by Crippen LogP contribution is 2.24. The molecule has 4 heteroatoms. The molecular weight excluding hydrogens is 156 g/mol. The van der Waals surface area contributed by atoms with Gasteiger partial charge in [-0.25, -0.2) is 0 Å². The van der Waals surface area contributed by atoms with Gasteiger partial charge >= 0.3 is 0 Å². The molecule has 1 aliphatic heterocycles. The minimum absolute atomic E-state index is 0.0852. The van der Waals surface area contributed by atoms with Gasteiger partial charge in [0.05, 0.1) is 0 Å². The molecule has 0 aromatic carbocycles. The van der Waals surface area contributed by atoms with E-state index in [0.717, 1.165) is 0 Å². The lowest BCUT2D eigenvalue weighted by Crippen LogP contribution is -2.35. The second-order valence-corrected chi connectivity index (χ2v) is 3.19. The van der Waals surface area contributed by atoms with Crippen molar-refractivity contribution in [2.24, 2.45) is 17.6 Å². The quantitative estimate of drug-likeness (QED) is 0.573. The van der Waals surface area contributed by atoms with Gasteiger partial charge in [-0.05, 0) is 0 Å². The van der Waals surface area contributed by atoms with Crippen molar-refractivity contribution in [3.05, 3.63) is 0 Å². The Morgan fingerprint density at radius 1 is 1.25 bits per heavy atom. The van der Waals surface area contributed by atoms with Crippen LogP contribution >= 0.6 is 0 Å². The summed E-state index contributed by atoms with van der Waals surface area (Å²) in [6, 6.07) is 0. The van der Waals surface area contributed by atoms with Gasteiger partial charge in [0.1, 0.15) is 0 Å². The Kier molecular flexibility index (Phi) is 2.47. The Bertz CT molecular complexity index is 195. The summed E-state index contributed by atoms with van der Waals surface area (Å²) >= 11 is 0. The summed E-state index contributed by atoms with van der Waals surface area (Å²) in [5.41, 5.74) is 5.28. The fourth-order valence-electron chi connectivity index (χ4n) is 1.38. The van der Waals surface area contributed by atoms with Gasteiger partial charge in [0.2, 0.25) is 11.8 Å². The van der Waals surface area contributed by atoms with E-state index in [9.17, 15) is 9.59 Å². The Labute approximate surface area is 71.7 Å². The van der Waals surface area contributed by atoms with Gasteiger partial charge in [-0.2, -0.15) is 0 Å². The van der Waals surface area contributed by atoms with E-state index in [1.54, 1.807) is 13.8 Å². The molecule has 68 valence electrons. The third kappa shape index (κ3) is 1.22. The highest BCUT2D eigenvalue weighted by atomic mass is 16.2. The monoisotopic (exact) mass is 170 g/mol. The third-order valence-corrected chi connectivity index (χ3v) is 2.41. The molecule has 0 radical (unpaired) electrons. The normalized spacial score (nSPS) is 30.1. The molecule has 1 aliphatic rings. The van der Waals surface area contributed by atoms with Gasteiger partial charge in [-0.15, -0.1) is 0 Å². The Morgan fingerprint density at radius 3 is 2.00 bits per heavy atom. The third-order valence-electron chi connectivity index (χ3n) is 2.41. The number of hydrogen-bond donors (Lipinski definition) is 1. The molecule has 0 unspecified atom stereocenters. The zero-order valence-corrected chi connectivity index (χ0v) is 7.41. The molecule has 0 aliphatic carbocycles. The van der Waals surface area contributed by atoms with Crippen LogP contribution in [0, 0.1) is 11.8 Å². The number of hydrogen-bond acceptors (Lipinski definition) is 3. The highest BCUT2D eigenvalue weighted by Gasteiger charge is 2.41. The number of carbonyl (C=O) groups excluding carboxylic acids is 2. The van der Waals surface area contributed by atoms with Crippen LogP contribution in [0.15, 0.2) is 0 Å². The van der Waals surface area contributed by atoms with Crippen LogP contribution in [0.25, 0.3) is 0 Å². The molecule has 0 aromatic heterocycles. The number of imide groups is 1. The molecule has 2 amide bonds. The topological polar surface area (TPSA) is 63.4 Å². The fourth-order valence-corrected chi connectivity index (χ4v) is 1.38. The molecule has 12 heavy (non-hydrogen) atoms. The number of carbonyl (C=O) groups is 2. The summed E-state index contributed by atoms with van der Waals surface area (Å²) in [5, 5.41) is 0. The lowest BCUT2D eigenvalue weighted by molar-refractivity contribution is -0.139. The number of amides is 2. The van der Waals surface area contributed by atoms with Crippen molar-refractivity contribution in [2.75, 3.05) is 13.1 Å². The first kappa shape index (κ1) is 9.19. The number of nitrogens with two attached hydrogens (primary N) is 1. The number of rotatable bonds is 2. The van der Waals surface area contributed by atoms with Crippen LogP contribution in [-0.2, 0) is 9.59 Å². The Balaban J connectivity index is 2.76. The van der Waals surface area contributed by atoms with Crippen molar-refractivity contribution in [1.29, 1.82) is 0 Å². The van der Waals surface area contributed by atoms with E-state index in [0.29, 0.717) is 13.1 Å². The second-order valence-electron chi connectivity index (χ2n) is 3.19. The average Bonchev–Trinajstić information content (AvgIpc) is 2.23. The van der Waals surface area contributed by atoms with Gasteiger partial charge in [0, 0.05) is 24.9 Å². The molecular formula is C8H14N2O2. The fraction of sp³-hybridized carbons (Fsp3) is 0.750. The summed E-state index contributed by atoms with van der Waals surface area (Å²) in [5.74, 6) is -0.524. The molecule has 0 saturated carbocycles. The van der Waals surface area contributed by atoms with Crippen LogP contribution in [0.1, 0.15) is 13.8 Å². The van der Waals surface area contributed by atoms with Gasteiger partial charge < -0.3 is 5.73 Å². The van der Waals surface area contributed by atoms with E-state index >= 15 is 0 Å². The van der Waals surface area contributed by atoms with E-state index in [1.165, 1.54) is 4.90 Å². The van der Waals surface area contributed by atoms with Crippen LogP contribution in [0.5, 0.6) is 0 Å². The predicted molar refractivity (Wildman–Crippen MR) is 44.1 cm³/mol. The zero-order valence-electron chi connectivity index (χ0n) is 7.41. The van der Waals surface area contributed by atoms with Crippen molar-refractivity contribution in [1.82, 2.24) is 4.90 Å². The van der Waals surface area contributed by atoms with Crippen LogP contribution in [0.3, 0.4) is 0 Å². The van der Waals surface area contributed by atoms with Crippen molar-refractivity contribution in [2.45, 2.75) is 13.8 Å². The smallest absolute Gasteiger partial charge is 0.232 e. The van der Waals surface area contributed by atoms with Gasteiger partial charge in [-0.1, -0.05) is 13.8 Å². The molecule has 1 rings (SSSR count). The average molecular weight is 170 g/mol. The van der Waals surface area contributed by atoms with Crippen LogP contribution in [0.4, 0.5) is 0 Å². The minimum atomic E-state index is -0.177. The molecule has 0 aromatic rings. The largest absolute Gasteiger partial charge is 0.329 e. The summed E-state index contributed by atoms with van der Waals surface area (Å²) in [6.45, 7) is 4.26. The highest BCUT2D eigenvalue weighted by molar-refractivity contribution is 6.04. The second kappa shape index (κ2) is 3.23. The molecule has 1 heterocycles. The molecule has 1 saturated heterocycles. The maximum atomic E-state index is 11.4. The maximum absolute atomic E-state index is 11.4. The van der Waals surface area contributed by atoms with Crippen molar-refractivity contribution in [3.63, 3.8) is 0 Å². The number of nitrogens with zero attached hydrogens (tertiary/aromatic N) is 1. The first-order valence-corrected chi connectivity index (χ1v) is 4.15. The summed E-state index contributed by atoms with van der Waals surface area (Å²) in [7, 11) is 0. The molecule has 2 N–H and O–H groups in total. The van der Waals surface area contributed by atoms with Crippen LogP contribution in [-0.4, -0.2) is 29.8 Å². The molecule has 0 bridgehead atoms. The van der Waals surface area contributed by atoms with Crippen molar-refractivity contribution < 1.29 is 9.59 Å². The van der Waals surface area contributed by atoms with Gasteiger partial charge in [0.15, 0.2) is 0 Å². The van der Waals surface area contributed by atoms with E-state index in [4.69, 9.17) is 5.73 Å². The molecule has 2 atom stereocenters. The van der Waals surface area contributed by atoms with E-state index in [2.05, 4.69) is 0 Å². The van der Waals surface area contributed by atoms with Crippen molar-refractivity contribution in [3.8, 4) is 0 Å². The Morgan fingerprint density at radius 2 is 1.67 bits per heavy atom. The van der Waals surface area contributed by atoms with E-state index < -0.39 is 0 Å². The first-order valence-electron chi connectivity index (χ1n) is 4.15. The van der Waals surface area contributed by atoms with Gasteiger partial charge in [0.25, 0.3) is 0 Å². The standard InChI is InChI=1S/C8H14N2O2/c1-5-6(2)8(12)10(4-3-9)7(5)11/h5-6H,3-4,9H2,1-2H3/t5-,6+. The first-order chi connectivity index (χ1) is 5.59. The lowest BCUT2D eigenvalue weighted by Gasteiger charge is -2.11. The molecule has 4 nitrogen and oxygen atoms in total. The van der Waals surface area contributed by atoms with Gasteiger partial charge in [-0.3, -0.25) is 14.5 Å². The zero-order chi connectivity index (χ0) is 9.30. The summed E-state index contributed by atoms with van der Waals surface area (Å²) in [4.78, 5) is 24.0. The SMILES string of the molecule is C[C@@H]1C(=O)N(CCN)C(=O)[C@@H]1C. The molecule has 0 spiro atoms. The minimum Gasteiger partial charge on any atom is -0.329 e. The summed E-state index contributed by atoms with van der Waals surface area (Å²) < 4.78 is 0. The molecule has 1 fully saturated rings. The number of likely N-dealkylation sites (tertiary alicyclic amines) is 1.